The maximum atomic E-state index is 2.28. The predicted octanol–water partition coefficient (Wildman–Crippen LogP) is 6.65. The second-order valence-corrected chi connectivity index (χ2v) is 4.36. The molecule has 0 rings (SSSR count). The summed E-state index contributed by atoms with van der Waals surface area (Å²) < 4.78 is 0. The molecule has 0 unspecified atom stereocenters. The van der Waals surface area contributed by atoms with Crippen molar-refractivity contribution in [2.75, 3.05) is 0 Å². The van der Waals surface area contributed by atoms with Gasteiger partial charge in [-0.3, -0.25) is 0 Å². The number of halogens is 2. The zero-order valence-corrected chi connectivity index (χ0v) is 14.3. The van der Waals surface area contributed by atoms with E-state index in [1.165, 1.54) is 57.8 Å². The summed E-state index contributed by atoms with van der Waals surface area (Å²) in [6.45, 7) is 6.65. The molecule has 0 fully saturated rings. The molecule has 0 aliphatic rings. The molecular formula is C14H36Cl2N2. The highest BCUT2D eigenvalue weighted by Gasteiger charge is 1.92. The molecule has 0 saturated carbocycles. The lowest BCUT2D eigenvalue weighted by molar-refractivity contribution is 0.575. The number of unbranched alkanes of at least 4 members (excludes halogenated alkanes) is 7. The van der Waals surface area contributed by atoms with Gasteiger partial charge < -0.3 is 12.3 Å². The van der Waals surface area contributed by atoms with Gasteiger partial charge in [0.1, 0.15) is 0 Å². The fourth-order valence-corrected chi connectivity index (χ4v) is 1.68. The molecule has 116 valence electrons. The van der Waals surface area contributed by atoms with Crippen molar-refractivity contribution in [1.29, 1.82) is 0 Å². The zero-order valence-electron chi connectivity index (χ0n) is 12.7. The molecule has 4 heteroatoms. The summed E-state index contributed by atoms with van der Waals surface area (Å²) in [6, 6.07) is 0. The van der Waals surface area contributed by atoms with Gasteiger partial charge in [0.05, 0.1) is 0 Å². The molecule has 0 aromatic rings. The Labute approximate surface area is 127 Å². The van der Waals surface area contributed by atoms with E-state index in [4.69, 9.17) is 0 Å². The molecule has 0 bridgehead atoms. The topological polar surface area (TPSA) is 70.0 Å². The van der Waals surface area contributed by atoms with E-state index in [0.717, 1.165) is 0 Å². The van der Waals surface area contributed by atoms with Crippen LogP contribution in [0.15, 0.2) is 11.6 Å². The maximum Gasteiger partial charge on any atom is -0.0323 e. The molecule has 0 aliphatic heterocycles. The first kappa shape index (κ1) is 30.9. The van der Waals surface area contributed by atoms with Gasteiger partial charge in [0, 0.05) is 0 Å². The van der Waals surface area contributed by atoms with E-state index in [-0.39, 0.29) is 37.1 Å². The van der Waals surface area contributed by atoms with Crippen molar-refractivity contribution < 1.29 is 0 Å². The highest BCUT2D eigenvalue weighted by Crippen LogP contribution is 2.12. The molecule has 0 amide bonds. The molecule has 0 aliphatic carbocycles. The third-order valence-corrected chi connectivity index (χ3v) is 2.92. The molecule has 0 saturated heterocycles. The van der Waals surface area contributed by atoms with Crippen molar-refractivity contribution in [3.05, 3.63) is 11.6 Å². The Morgan fingerprint density at radius 1 is 0.778 bits per heavy atom. The Morgan fingerprint density at radius 2 is 1.17 bits per heavy atom. The Kier molecular flexibility index (Phi) is 44.6. The largest absolute Gasteiger partial charge is 0.344 e. The molecule has 6 N–H and O–H groups in total. The first-order valence-corrected chi connectivity index (χ1v) is 6.43. The quantitative estimate of drug-likeness (QED) is 0.369. The van der Waals surface area contributed by atoms with Gasteiger partial charge in [-0.2, -0.15) is 0 Å². The third kappa shape index (κ3) is 25.2. The lowest BCUT2D eigenvalue weighted by atomic mass is 10.1. The minimum atomic E-state index is 0. The van der Waals surface area contributed by atoms with E-state index in [9.17, 15) is 0 Å². The van der Waals surface area contributed by atoms with Crippen LogP contribution < -0.4 is 12.3 Å². The smallest absolute Gasteiger partial charge is 0.0323 e. The minimum absolute atomic E-state index is 0. The van der Waals surface area contributed by atoms with Gasteiger partial charge in [-0.25, -0.2) is 0 Å². The molecule has 0 spiro atoms. The molecule has 0 atom stereocenters. The summed E-state index contributed by atoms with van der Waals surface area (Å²) in [4.78, 5) is 0. The van der Waals surface area contributed by atoms with Crippen LogP contribution in [0.2, 0.25) is 0 Å². The van der Waals surface area contributed by atoms with E-state index in [0.29, 0.717) is 0 Å². The van der Waals surface area contributed by atoms with Crippen LogP contribution in [0.1, 0.15) is 78.6 Å². The number of allylic oxidation sites excluding steroid dienone is 2. The maximum absolute atomic E-state index is 2.28. The SMILES string of the molecule is CC=C(C)CCCCCCCCCC.Cl.Cl.N.N. The van der Waals surface area contributed by atoms with Gasteiger partial charge >= 0.3 is 0 Å². The van der Waals surface area contributed by atoms with E-state index in [1.807, 2.05) is 0 Å². The van der Waals surface area contributed by atoms with Crippen molar-refractivity contribution in [2.24, 2.45) is 0 Å². The van der Waals surface area contributed by atoms with Crippen molar-refractivity contribution in [3.63, 3.8) is 0 Å². The van der Waals surface area contributed by atoms with Crippen LogP contribution in [0, 0.1) is 0 Å². The Morgan fingerprint density at radius 3 is 1.56 bits per heavy atom. The lowest BCUT2D eigenvalue weighted by Gasteiger charge is -2.01. The van der Waals surface area contributed by atoms with Gasteiger partial charge in [-0.05, 0) is 26.7 Å². The zero-order chi connectivity index (χ0) is 10.6. The molecule has 0 aromatic carbocycles. The molecule has 2 nitrogen and oxygen atoms in total. The van der Waals surface area contributed by atoms with Gasteiger partial charge in [-0.1, -0.05) is 63.5 Å². The normalized spacial score (nSPS) is 9.39. The van der Waals surface area contributed by atoms with Crippen LogP contribution >= 0.6 is 24.8 Å². The average molecular weight is 303 g/mol. The van der Waals surface area contributed by atoms with Crippen LogP contribution in [0.4, 0.5) is 0 Å². The first-order valence-electron chi connectivity index (χ1n) is 6.43. The summed E-state index contributed by atoms with van der Waals surface area (Å²) in [6.07, 6.45) is 15.0. The van der Waals surface area contributed by atoms with Crippen LogP contribution in [-0.2, 0) is 0 Å². The van der Waals surface area contributed by atoms with Crippen LogP contribution in [0.25, 0.3) is 0 Å². The summed E-state index contributed by atoms with van der Waals surface area (Å²) in [5.41, 5.74) is 1.55. The molecule has 0 heterocycles. The lowest BCUT2D eigenvalue weighted by Crippen LogP contribution is -1.82. The van der Waals surface area contributed by atoms with Gasteiger partial charge in [-0.15, -0.1) is 24.8 Å². The monoisotopic (exact) mass is 302 g/mol. The summed E-state index contributed by atoms with van der Waals surface area (Å²) in [7, 11) is 0. The van der Waals surface area contributed by atoms with Gasteiger partial charge in [0.25, 0.3) is 0 Å². The highest BCUT2D eigenvalue weighted by atomic mass is 35.5. The summed E-state index contributed by atoms with van der Waals surface area (Å²) >= 11 is 0. The van der Waals surface area contributed by atoms with Crippen LogP contribution in [0.3, 0.4) is 0 Å². The van der Waals surface area contributed by atoms with Crippen molar-refractivity contribution in [3.8, 4) is 0 Å². The Bertz CT molecular complexity index is 151. The van der Waals surface area contributed by atoms with Crippen LogP contribution in [0.5, 0.6) is 0 Å². The Hall–Kier alpha value is 0.240. The fourth-order valence-electron chi connectivity index (χ4n) is 1.68. The molecule has 18 heavy (non-hydrogen) atoms. The molecule has 0 radical (unpaired) electrons. The van der Waals surface area contributed by atoms with E-state index >= 15 is 0 Å². The standard InChI is InChI=1S/C14H28.2ClH.2H3N/c1-4-6-7-8-9-10-11-12-13-14(3)5-2;;;;/h5H,4,6-13H2,1-3H3;2*1H;2*1H3. The van der Waals surface area contributed by atoms with Gasteiger partial charge in [0.15, 0.2) is 0 Å². The second-order valence-electron chi connectivity index (χ2n) is 4.36. The minimum Gasteiger partial charge on any atom is -0.344 e. The summed E-state index contributed by atoms with van der Waals surface area (Å²) in [5, 5.41) is 0. The molecular weight excluding hydrogens is 267 g/mol. The average Bonchev–Trinajstić information content (AvgIpc) is 2.21. The second kappa shape index (κ2) is 25.9. The van der Waals surface area contributed by atoms with Crippen molar-refractivity contribution in [2.45, 2.75) is 78.6 Å². The van der Waals surface area contributed by atoms with Gasteiger partial charge in [0.2, 0.25) is 0 Å². The fraction of sp³-hybridized carbons (Fsp3) is 0.857. The Balaban J connectivity index is -0.000000141. The number of rotatable bonds is 9. The number of hydrogen-bond acceptors (Lipinski definition) is 2. The van der Waals surface area contributed by atoms with Crippen molar-refractivity contribution >= 4 is 24.8 Å². The van der Waals surface area contributed by atoms with Crippen molar-refractivity contribution in [1.82, 2.24) is 12.3 Å². The first-order chi connectivity index (χ1) is 6.81. The van der Waals surface area contributed by atoms with E-state index in [1.54, 1.807) is 5.57 Å². The summed E-state index contributed by atoms with van der Waals surface area (Å²) in [5.74, 6) is 0. The number of hydrogen-bond donors (Lipinski definition) is 2. The van der Waals surface area contributed by atoms with E-state index in [2.05, 4.69) is 26.8 Å². The predicted molar refractivity (Wildman–Crippen MR) is 91.2 cm³/mol. The van der Waals surface area contributed by atoms with E-state index < -0.39 is 0 Å². The van der Waals surface area contributed by atoms with Crippen LogP contribution in [-0.4, -0.2) is 0 Å². The third-order valence-electron chi connectivity index (χ3n) is 2.92. The highest BCUT2D eigenvalue weighted by molar-refractivity contribution is 5.85. The molecule has 0 aromatic heterocycles.